The fourth-order valence-electron chi connectivity index (χ4n) is 5.51. The molecule has 1 aliphatic heterocycles. The van der Waals surface area contributed by atoms with Crippen LogP contribution in [-0.2, 0) is 22.4 Å². The van der Waals surface area contributed by atoms with Crippen LogP contribution in [0, 0.1) is 11.3 Å². The molecule has 1 saturated heterocycles. The van der Waals surface area contributed by atoms with Gasteiger partial charge in [0.25, 0.3) is 0 Å². The van der Waals surface area contributed by atoms with Crippen molar-refractivity contribution in [1.29, 1.82) is 0 Å². The van der Waals surface area contributed by atoms with Crippen LogP contribution in [0.5, 0.6) is 0 Å². The third-order valence-electron chi connectivity index (χ3n) is 6.95. The van der Waals surface area contributed by atoms with Gasteiger partial charge in [-0.15, -0.1) is 0 Å². The van der Waals surface area contributed by atoms with Gasteiger partial charge in [-0.1, -0.05) is 75.4 Å². The van der Waals surface area contributed by atoms with Crippen LogP contribution in [0.3, 0.4) is 0 Å². The van der Waals surface area contributed by atoms with Crippen LogP contribution in [0.15, 0.2) is 54.6 Å². The maximum absolute atomic E-state index is 14.2. The molecule has 1 aliphatic carbocycles. The average Bonchev–Trinajstić information content (AvgIpc) is 3.22. The summed E-state index contributed by atoms with van der Waals surface area (Å²) < 4.78 is 6.43. The van der Waals surface area contributed by atoms with Crippen molar-refractivity contribution >= 4 is 5.91 Å². The van der Waals surface area contributed by atoms with Crippen molar-refractivity contribution in [2.45, 2.75) is 77.9 Å². The summed E-state index contributed by atoms with van der Waals surface area (Å²) in [5.74, 6) is -0.267. The maximum atomic E-state index is 14.2. The minimum Gasteiger partial charge on any atom is -0.392 e. The maximum Gasteiger partial charge on any atom is 0.228 e. The number of aliphatic hydroxyl groups excluding tert-OH is 1. The smallest absolute Gasteiger partial charge is 0.228 e. The third kappa shape index (κ3) is 5.54. The van der Waals surface area contributed by atoms with Gasteiger partial charge in [-0.05, 0) is 48.8 Å². The standard InChI is InChI=1S/C29H40N2O3/c1-28(2,3)19-30-18-23(32)16-22(15-20-11-7-6-8-12-20)27(33)31-26-24-14-10-9-13-21(24)17-25(26)34-29(31,4)5/h6-14,22-23,25-26,30,32H,15-19H2,1-5H3/t22-,23+,25-,26?/m1/s1. The molecule has 1 fully saturated rings. The lowest BCUT2D eigenvalue weighted by Crippen LogP contribution is -2.48. The number of aliphatic hydroxyl groups is 1. The zero-order chi connectivity index (χ0) is 24.5. The summed E-state index contributed by atoms with van der Waals surface area (Å²) in [6.07, 6.45) is 1.22. The first-order chi connectivity index (χ1) is 16.0. The van der Waals surface area contributed by atoms with Crippen LogP contribution in [0.1, 0.15) is 63.8 Å². The lowest BCUT2D eigenvalue weighted by Gasteiger charge is -2.37. The molecule has 0 aromatic heterocycles. The number of amides is 1. The van der Waals surface area contributed by atoms with Crippen LogP contribution in [0.4, 0.5) is 0 Å². The second-order valence-electron chi connectivity index (χ2n) is 11.6. The number of nitrogens with zero attached hydrogens (tertiary/aromatic N) is 1. The lowest BCUT2D eigenvalue weighted by molar-refractivity contribution is -0.153. The van der Waals surface area contributed by atoms with Crippen LogP contribution in [-0.4, -0.2) is 46.9 Å². The van der Waals surface area contributed by atoms with Crippen LogP contribution in [0.25, 0.3) is 0 Å². The summed E-state index contributed by atoms with van der Waals surface area (Å²) in [5, 5.41) is 14.3. The summed E-state index contributed by atoms with van der Waals surface area (Å²) in [6, 6.07) is 18.4. The van der Waals surface area contributed by atoms with Gasteiger partial charge in [0.1, 0.15) is 5.72 Å². The van der Waals surface area contributed by atoms with E-state index in [4.69, 9.17) is 4.74 Å². The summed E-state index contributed by atoms with van der Waals surface area (Å²) in [7, 11) is 0. The molecule has 4 rings (SSSR count). The van der Waals surface area contributed by atoms with Crippen LogP contribution >= 0.6 is 0 Å². The zero-order valence-corrected chi connectivity index (χ0v) is 21.3. The average molecular weight is 465 g/mol. The molecule has 4 atom stereocenters. The molecule has 0 bridgehead atoms. The van der Waals surface area contributed by atoms with Crippen molar-refractivity contribution in [2.75, 3.05) is 13.1 Å². The first-order valence-corrected chi connectivity index (χ1v) is 12.6. The topological polar surface area (TPSA) is 61.8 Å². The number of rotatable bonds is 8. The molecule has 1 heterocycles. The monoisotopic (exact) mass is 464 g/mol. The second kappa shape index (κ2) is 9.80. The van der Waals surface area contributed by atoms with E-state index >= 15 is 0 Å². The van der Waals surface area contributed by atoms with Crippen molar-refractivity contribution in [2.24, 2.45) is 11.3 Å². The van der Waals surface area contributed by atoms with E-state index in [1.807, 2.05) is 43.0 Å². The van der Waals surface area contributed by atoms with Crippen molar-refractivity contribution in [3.63, 3.8) is 0 Å². The Labute approximate surface area is 204 Å². The van der Waals surface area contributed by atoms with Gasteiger partial charge >= 0.3 is 0 Å². The Balaban J connectivity index is 1.56. The van der Waals surface area contributed by atoms with Gasteiger partial charge in [-0.2, -0.15) is 0 Å². The number of carbonyl (C=O) groups is 1. The van der Waals surface area contributed by atoms with Crippen molar-refractivity contribution in [1.82, 2.24) is 10.2 Å². The summed E-state index contributed by atoms with van der Waals surface area (Å²) in [6.45, 7) is 11.8. The molecule has 34 heavy (non-hydrogen) atoms. The molecule has 0 radical (unpaired) electrons. The second-order valence-corrected chi connectivity index (χ2v) is 11.6. The lowest BCUT2D eigenvalue weighted by atomic mass is 9.90. The van der Waals surface area contributed by atoms with Gasteiger partial charge in [0.15, 0.2) is 0 Å². The highest BCUT2D eigenvalue weighted by Crippen LogP contribution is 2.49. The molecule has 1 amide bonds. The third-order valence-corrected chi connectivity index (χ3v) is 6.95. The van der Waals surface area contributed by atoms with Crippen LogP contribution in [0.2, 0.25) is 0 Å². The normalized spacial score (nSPS) is 22.8. The molecule has 5 heteroatoms. The molecular formula is C29H40N2O3. The number of ether oxygens (including phenoxy) is 1. The van der Waals surface area contributed by atoms with Gasteiger partial charge in [0.05, 0.1) is 18.2 Å². The highest BCUT2D eigenvalue weighted by Gasteiger charge is 2.54. The number of fused-ring (bicyclic) bond motifs is 3. The Morgan fingerprint density at radius 1 is 1.15 bits per heavy atom. The van der Waals surface area contributed by atoms with E-state index in [9.17, 15) is 9.90 Å². The van der Waals surface area contributed by atoms with Gasteiger partial charge in [0.2, 0.25) is 5.91 Å². The molecule has 2 aromatic rings. The quantitative estimate of drug-likeness (QED) is 0.604. The summed E-state index contributed by atoms with van der Waals surface area (Å²) >= 11 is 0. The van der Waals surface area contributed by atoms with E-state index < -0.39 is 11.8 Å². The van der Waals surface area contributed by atoms with E-state index in [1.54, 1.807) is 0 Å². The number of nitrogens with one attached hydrogen (secondary N) is 1. The van der Waals surface area contributed by atoms with Gasteiger partial charge in [0, 0.05) is 25.4 Å². The van der Waals surface area contributed by atoms with Crippen LogP contribution < -0.4 is 5.32 Å². The summed E-state index contributed by atoms with van der Waals surface area (Å²) in [5.41, 5.74) is 3.01. The molecule has 0 saturated carbocycles. The van der Waals surface area contributed by atoms with E-state index in [1.165, 1.54) is 11.1 Å². The highest BCUT2D eigenvalue weighted by molar-refractivity contribution is 5.81. The Hall–Kier alpha value is -2.21. The molecule has 2 aliphatic rings. The van der Waals surface area contributed by atoms with E-state index in [0.29, 0.717) is 19.4 Å². The predicted molar refractivity (Wildman–Crippen MR) is 135 cm³/mol. The molecular weight excluding hydrogens is 424 g/mol. The minimum absolute atomic E-state index is 0.0212. The fraction of sp³-hybridized carbons (Fsp3) is 0.552. The number of hydrogen-bond acceptors (Lipinski definition) is 4. The SMILES string of the molecule is CC(C)(C)CNC[C@@H](O)C[C@@H](Cc1ccccc1)C(=O)N1C2c3ccccc3C[C@H]2OC1(C)C. The van der Waals surface area contributed by atoms with Gasteiger partial charge in [-0.25, -0.2) is 0 Å². The fourth-order valence-corrected chi connectivity index (χ4v) is 5.51. The molecule has 1 unspecified atom stereocenters. The predicted octanol–water partition coefficient (Wildman–Crippen LogP) is 4.49. The largest absolute Gasteiger partial charge is 0.392 e. The minimum atomic E-state index is -0.690. The Morgan fingerprint density at radius 2 is 1.82 bits per heavy atom. The first-order valence-electron chi connectivity index (χ1n) is 12.6. The number of benzene rings is 2. The highest BCUT2D eigenvalue weighted by atomic mass is 16.5. The number of carbonyl (C=O) groups excluding carboxylic acids is 1. The van der Waals surface area contributed by atoms with Crippen molar-refractivity contribution < 1.29 is 14.6 Å². The Bertz CT molecular complexity index is 982. The molecule has 184 valence electrons. The molecule has 5 nitrogen and oxygen atoms in total. The van der Waals surface area contributed by atoms with E-state index in [-0.39, 0.29) is 29.4 Å². The Kier molecular flexibility index (Phi) is 7.18. The first kappa shape index (κ1) is 24.9. The molecule has 2 aromatic carbocycles. The summed E-state index contributed by atoms with van der Waals surface area (Å²) in [4.78, 5) is 16.2. The zero-order valence-electron chi connectivity index (χ0n) is 21.3. The Morgan fingerprint density at radius 3 is 2.53 bits per heavy atom. The van der Waals surface area contributed by atoms with Crippen molar-refractivity contribution in [3.8, 4) is 0 Å². The molecule has 0 spiro atoms. The molecule has 2 N–H and O–H groups in total. The van der Waals surface area contributed by atoms with Gasteiger partial charge < -0.3 is 20.1 Å². The van der Waals surface area contributed by atoms with E-state index in [0.717, 1.165) is 18.5 Å². The van der Waals surface area contributed by atoms with Gasteiger partial charge in [-0.3, -0.25) is 4.79 Å². The number of hydrogen-bond donors (Lipinski definition) is 2. The van der Waals surface area contributed by atoms with Crippen molar-refractivity contribution in [3.05, 3.63) is 71.3 Å². The van der Waals surface area contributed by atoms with E-state index in [2.05, 4.69) is 56.4 Å².